The molecule has 0 unspecified atom stereocenters. The molecule has 0 radical (unpaired) electrons. The highest BCUT2D eigenvalue weighted by Gasteiger charge is 2.23. The fourth-order valence-electron chi connectivity index (χ4n) is 2.29. The van der Waals surface area contributed by atoms with E-state index in [1.165, 1.54) is 5.56 Å². The van der Waals surface area contributed by atoms with Gasteiger partial charge < -0.3 is 10.1 Å². The molecule has 2 atom stereocenters. The van der Waals surface area contributed by atoms with Gasteiger partial charge in [-0.05, 0) is 32.3 Å². The van der Waals surface area contributed by atoms with Gasteiger partial charge in [0, 0.05) is 6.61 Å². The number of aryl methyl sites for hydroxylation is 1. The highest BCUT2D eigenvalue weighted by Crippen LogP contribution is 2.15. The summed E-state index contributed by atoms with van der Waals surface area (Å²) in [5, 5.41) is 3.02. The van der Waals surface area contributed by atoms with E-state index in [0.717, 1.165) is 25.0 Å². The molecule has 0 saturated carbocycles. The van der Waals surface area contributed by atoms with Crippen molar-refractivity contribution in [2.45, 2.75) is 45.3 Å². The monoisotopic (exact) mass is 247 g/mol. The Hall–Kier alpha value is -1.35. The summed E-state index contributed by atoms with van der Waals surface area (Å²) in [5.74, 6) is 0.0712. The van der Waals surface area contributed by atoms with Gasteiger partial charge in [0.25, 0.3) is 0 Å². The predicted molar refractivity (Wildman–Crippen MR) is 71.5 cm³/mol. The number of benzene rings is 1. The quantitative estimate of drug-likeness (QED) is 0.886. The van der Waals surface area contributed by atoms with Crippen LogP contribution in [-0.4, -0.2) is 24.7 Å². The van der Waals surface area contributed by atoms with Crippen LogP contribution in [-0.2, 0) is 16.0 Å². The average molecular weight is 247 g/mol. The van der Waals surface area contributed by atoms with E-state index in [1.54, 1.807) is 0 Å². The third-order valence-electron chi connectivity index (χ3n) is 3.40. The van der Waals surface area contributed by atoms with Crippen molar-refractivity contribution >= 4 is 5.91 Å². The van der Waals surface area contributed by atoms with E-state index >= 15 is 0 Å². The summed E-state index contributed by atoms with van der Waals surface area (Å²) >= 11 is 0. The second kappa shape index (κ2) is 6.01. The summed E-state index contributed by atoms with van der Waals surface area (Å²) in [6.45, 7) is 4.88. The number of amides is 1. The van der Waals surface area contributed by atoms with Gasteiger partial charge in [0.05, 0.1) is 18.6 Å². The standard InChI is InChI=1S/C15H21NO2/c1-11-5-7-13(8-6-11)10-15(17)16-12(2)14-4-3-9-18-14/h5-8,12,14H,3-4,9-10H2,1-2H3,(H,16,17)/t12-,14-/m0/s1. The zero-order valence-corrected chi connectivity index (χ0v) is 11.1. The third kappa shape index (κ3) is 3.57. The van der Waals surface area contributed by atoms with Crippen LogP contribution in [0.1, 0.15) is 30.9 Å². The number of carbonyl (C=O) groups excluding carboxylic acids is 1. The van der Waals surface area contributed by atoms with Crippen LogP contribution in [0.5, 0.6) is 0 Å². The van der Waals surface area contributed by atoms with Gasteiger partial charge in [0.2, 0.25) is 5.91 Å². The summed E-state index contributed by atoms with van der Waals surface area (Å²) in [5.41, 5.74) is 2.27. The maximum atomic E-state index is 11.9. The summed E-state index contributed by atoms with van der Waals surface area (Å²) in [4.78, 5) is 11.9. The molecule has 18 heavy (non-hydrogen) atoms. The molecule has 3 heteroatoms. The van der Waals surface area contributed by atoms with Crippen molar-refractivity contribution in [3.05, 3.63) is 35.4 Å². The van der Waals surface area contributed by atoms with E-state index < -0.39 is 0 Å². The van der Waals surface area contributed by atoms with E-state index in [0.29, 0.717) is 6.42 Å². The van der Waals surface area contributed by atoms with Crippen LogP contribution in [0, 0.1) is 6.92 Å². The van der Waals surface area contributed by atoms with Crippen molar-refractivity contribution in [3.63, 3.8) is 0 Å². The van der Waals surface area contributed by atoms with E-state index in [1.807, 2.05) is 38.1 Å². The maximum Gasteiger partial charge on any atom is 0.224 e. The minimum Gasteiger partial charge on any atom is -0.376 e. The van der Waals surface area contributed by atoms with Crippen LogP contribution < -0.4 is 5.32 Å². The van der Waals surface area contributed by atoms with Crippen LogP contribution in [0.3, 0.4) is 0 Å². The first-order valence-electron chi connectivity index (χ1n) is 6.61. The molecule has 1 heterocycles. The fourth-order valence-corrected chi connectivity index (χ4v) is 2.29. The van der Waals surface area contributed by atoms with Crippen LogP contribution in [0.4, 0.5) is 0 Å². The normalized spacial score (nSPS) is 20.7. The van der Waals surface area contributed by atoms with Crippen molar-refractivity contribution in [1.82, 2.24) is 5.32 Å². The summed E-state index contributed by atoms with van der Waals surface area (Å²) in [7, 11) is 0. The molecular weight excluding hydrogens is 226 g/mol. The average Bonchev–Trinajstić information content (AvgIpc) is 2.85. The summed E-state index contributed by atoms with van der Waals surface area (Å²) in [6, 6.07) is 8.18. The largest absolute Gasteiger partial charge is 0.376 e. The molecule has 0 aromatic heterocycles. The molecule has 0 aliphatic carbocycles. The minimum absolute atomic E-state index is 0.0712. The molecule has 1 aromatic carbocycles. The molecule has 3 nitrogen and oxygen atoms in total. The Bertz CT molecular complexity index is 393. The predicted octanol–water partition coefficient (Wildman–Crippen LogP) is 2.22. The molecule has 1 aromatic rings. The highest BCUT2D eigenvalue weighted by atomic mass is 16.5. The molecule has 2 rings (SSSR count). The lowest BCUT2D eigenvalue weighted by molar-refractivity contribution is -0.121. The number of nitrogens with one attached hydrogen (secondary N) is 1. The Kier molecular flexibility index (Phi) is 4.37. The number of rotatable bonds is 4. The van der Waals surface area contributed by atoms with Crippen molar-refractivity contribution in [1.29, 1.82) is 0 Å². The first-order chi connectivity index (χ1) is 8.65. The molecular formula is C15H21NO2. The molecule has 1 saturated heterocycles. The summed E-state index contributed by atoms with van der Waals surface area (Å²) in [6.07, 6.45) is 2.78. The smallest absolute Gasteiger partial charge is 0.224 e. The lowest BCUT2D eigenvalue weighted by atomic mass is 10.1. The van der Waals surface area contributed by atoms with Gasteiger partial charge in [-0.1, -0.05) is 29.8 Å². The Morgan fingerprint density at radius 2 is 2.17 bits per heavy atom. The van der Waals surface area contributed by atoms with Crippen molar-refractivity contribution in [3.8, 4) is 0 Å². The molecule has 1 aliphatic rings. The zero-order chi connectivity index (χ0) is 13.0. The van der Waals surface area contributed by atoms with E-state index in [2.05, 4.69) is 5.32 Å². The zero-order valence-electron chi connectivity index (χ0n) is 11.1. The van der Waals surface area contributed by atoms with Crippen molar-refractivity contribution in [2.24, 2.45) is 0 Å². The van der Waals surface area contributed by atoms with Gasteiger partial charge in [-0.3, -0.25) is 4.79 Å². The van der Waals surface area contributed by atoms with Crippen LogP contribution in [0.15, 0.2) is 24.3 Å². The van der Waals surface area contributed by atoms with Gasteiger partial charge in [-0.2, -0.15) is 0 Å². The molecule has 1 N–H and O–H groups in total. The topological polar surface area (TPSA) is 38.3 Å². The number of hydrogen-bond acceptors (Lipinski definition) is 2. The van der Waals surface area contributed by atoms with E-state index in [4.69, 9.17) is 4.74 Å². The van der Waals surface area contributed by atoms with E-state index in [9.17, 15) is 4.79 Å². The van der Waals surface area contributed by atoms with Gasteiger partial charge in [-0.15, -0.1) is 0 Å². The lowest BCUT2D eigenvalue weighted by Crippen LogP contribution is -2.41. The number of carbonyl (C=O) groups is 1. The van der Waals surface area contributed by atoms with Gasteiger partial charge >= 0.3 is 0 Å². The van der Waals surface area contributed by atoms with Crippen molar-refractivity contribution in [2.75, 3.05) is 6.61 Å². The second-order valence-electron chi connectivity index (χ2n) is 5.07. The minimum atomic E-state index is 0.0712. The van der Waals surface area contributed by atoms with E-state index in [-0.39, 0.29) is 18.1 Å². The van der Waals surface area contributed by atoms with Crippen LogP contribution in [0.2, 0.25) is 0 Å². The first kappa shape index (κ1) is 13.1. The SMILES string of the molecule is Cc1ccc(CC(=O)N[C@@H](C)[C@@H]2CCCO2)cc1. The first-order valence-corrected chi connectivity index (χ1v) is 6.61. The second-order valence-corrected chi connectivity index (χ2v) is 5.07. The fraction of sp³-hybridized carbons (Fsp3) is 0.533. The number of ether oxygens (including phenoxy) is 1. The molecule has 0 bridgehead atoms. The molecule has 1 aliphatic heterocycles. The highest BCUT2D eigenvalue weighted by molar-refractivity contribution is 5.78. The van der Waals surface area contributed by atoms with Crippen LogP contribution in [0.25, 0.3) is 0 Å². The summed E-state index contributed by atoms with van der Waals surface area (Å²) < 4.78 is 5.57. The molecule has 98 valence electrons. The Balaban J connectivity index is 1.82. The Labute approximate surface area is 109 Å². The lowest BCUT2D eigenvalue weighted by Gasteiger charge is -2.20. The Morgan fingerprint density at radius 1 is 1.44 bits per heavy atom. The Morgan fingerprint density at radius 3 is 2.78 bits per heavy atom. The van der Waals surface area contributed by atoms with Gasteiger partial charge in [0.15, 0.2) is 0 Å². The maximum absolute atomic E-state index is 11.9. The molecule has 0 spiro atoms. The molecule has 1 amide bonds. The third-order valence-corrected chi connectivity index (χ3v) is 3.40. The van der Waals surface area contributed by atoms with Crippen LogP contribution >= 0.6 is 0 Å². The van der Waals surface area contributed by atoms with Gasteiger partial charge in [0.1, 0.15) is 0 Å². The van der Waals surface area contributed by atoms with Gasteiger partial charge in [-0.25, -0.2) is 0 Å². The number of hydrogen-bond donors (Lipinski definition) is 1. The molecule has 1 fully saturated rings. The van der Waals surface area contributed by atoms with Crippen molar-refractivity contribution < 1.29 is 9.53 Å².